The van der Waals surface area contributed by atoms with E-state index in [1.165, 1.54) is 12.1 Å². The van der Waals surface area contributed by atoms with E-state index < -0.39 is 30.2 Å². The predicted octanol–water partition coefficient (Wildman–Crippen LogP) is 4.80. The highest BCUT2D eigenvalue weighted by Gasteiger charge is 2.43. The van der Waals surface area contributed by atoms with Crippen molar-refractivity contribution in [3.05, 3.63) is 65.5 Å². The molecule has 2 aromatic rings. The number of halogens is 3. The summed E-state index contributed by atoms with van der Waals surface area (Å²) in [5.74, 6) is -3.27. The molecule has 1 aliphatic rings. The molecule has 3 rings (SSSR count). The Balaban J connectivity index is 1.70. The zero-order valence-electron chi connectivity index (χ0n) is 13.1. The van der Waals surface area contributed by atoms with Crippen LogP contribution in [-0.2, 0) is 12.2 Å². The minimum Gasteiger partial charge on any atom is -0.486 e. The largest absolute Gasteiger partial charge is 0.486 e. The van der Waals surface area contributed by atoms with E-state index in [-0.39, 0.29) is 25.2 Å². The molecule has 2 nitrogen and oxygen atoms in total. The Kier molecular flexibility index (Phi) is 4.54. The topological polar surface area (TPSA) is 29.5 Å². The summed E-state index contributed by atoms with van der Waals surface area (Å²) in [5, 5.41) is 10.6. The highest BCUT2D eigenvalue weighted by atomic mass is 19.3. The normalized spacial score (nSPS) is 19.0. The van der Waals surface area contributed by atoms with Crippen LogP contribution in [-0.4, -0.2) is 11.0 Å². The van der Waals surface area contributed by atoms with Crippen molar-refractivity contribution in [2.24, 2.45) is 0 Å². The van der Waals surface area contributed by atoms with Crippen LogP contribution in [0, 0.1) is 5.82 Å². The summed E-state index contributed by atoms with van der Waals surface area (Å²) >= 11 is 0. The average molecular weight is 336 g/mol. The van der Waals surface area contributed by atoms with E-state index in [0.717, 1.165) is 5.56 Å². The molecule has 128 valence electrons. The first-order chi connectivity index (χ1) is 11.4. The number of aliphatic hydroxyl groups is 1. The molecule has 5 heteroatoms. The number of ether oxygens (including phenoxy) is 1. The zero-order valence-corrected chi connectivity index (χ0v) is 13.1. The molecule has 0 radical (unpaired) electrons. The van der Waals surface area contributed by atoms with Gasteiger partial charge in [-0.25, -0.2) is 13.2 Å². The maximum atomic E-state index is 14.2. The molecule has 0 unspecified atom stereocenters. The van der Waals surface area contributed by atoms with E-state index in [4.69, 9.17) is 4.74 Å². The second-order valence-electron chi connectivity index (χ2n) is 6.31. The molecular weight excluding hydrogens is 317 g/mol. The van der Waals surface area contributed by atoms with Crippen LogP contribution >= 0.6 is 0 Å². The van der Waals surface area contributed by atoms with Gasteiger partial charge < -0.3 is 9.84 Å². The van der Waals surface area contributed by atoms with Gasteiger partial charge in [-0.1, -0.05) is 36.4 Å². The van der Waals surface area contributed by atoms with Crippen LogP contribution in [0.25, 0.3) is 0 Å². The summed E-state index contributed by atoms with van der Waals surface area (Å²) in [6.45, 7) is 0.230. The van der Waals surface area contributed by atoms with Crippen molar-refractivity contribution in [1.82, 2.24) is 0 Å². The van der Waals surface area contributed by atoms with Crippen LogP contribution in [0.2, 0.25) is 0 Å². The Labute approximate surface area is 138 Å². The lowest BCUT2D eigenvalue weighted by Gasteiger charge is -2.36. The molecule has 0 amide bonds. The van der Waals surface area contributed by atoms with E-state index in [1.807, 2.05) is 30.3 Å². The molecule has 1 saturated carbocycles. The maximum Gasteiger partial charge on any atom is 0.248 e. The minimum atomic E-state index is -2.75. The lowest BCUT2D eigenvalue weighted by Crippen LogP contribution is -2.36. The van der Waals surface area contributed by atoms with Gasteiger partial charge in [-0.05, 0) is 36.1 Å². The lowest BCUT2D eigenvalue weighted by atomic mass is 9.78. The van der Waals surface area contributed by atoms with E-state index in [2.05, 4.69) is 0 Å². The fraction of sp³-hybridized carbons (Fsp3) is 0.368. The molecule has 2 aromatic carbocycles. The highest BCUT2D eigenvalue weighted by molar-refractivity contribution is 5.33. The summed E-state index contributed by atoms with van der Waals surface area (Å²) in [6.07, 6.45) is -0.942. The van der Waals surface area contributed by atoms with E-state index in [9.17, 15) is 18.3 Å². The van der Waals surface area contributed by atoms with Crippen LogP contribution in [0.1, 0.15) is 36.8 Å². The van der Waals surface area contributed by atoms with E-state index in [1.54, 1.807) is 6.07 Å². The summed E-state index contributed by atoms with van der Waals surface area (Å²) in [5.41, 5.74) is -0.169. The third-order valence-corrected chi connectivity index (χ3v) is 4.52. The number of hydrogen-bond acceptors (Lipinski definition) is 2. The smallest absolute Gasteiger partial charge is 0.248 e. The number of benzene rings is 2. The third kappa shape index (κ3) is 3.73. The fourth-order valence-corrected chi connectivity index (χ4v) is 2.96. The predicted molar refractivity (Wildman–Crippen MR) is 84.5 cm³/mol. The highest BCUT2D eigenvalue weighted by Crippen LogP contribution is 2.44. The molecule has 0 saturated heterocycles. The molecule has 0 atom stereocenters. The van der Waals surface area contributed by atoms with Crippen molar-refractivity contribution in [3.63, 3.8) is 0 Å². The molecule has 1 aliphatic carbocycles. The van der Waals surface area contributed by atoms with Crippen LogP contribution in [0.5, 0.6) is 5.75 Å². The quantitative estimate of drug-likeness (QED) is 0.869. The summed E-state index contributed by atoms with van der Waals surface area (Å²) in [7, 11) is 0. The molecule has 0 heterocycles. The number of alkyl halides is 2. The van der Waals surface area contributed by atoms with Crippen molar-refractivity contribution in [2.75, 3.05) is 0 Å². The van der Waals surface area contributed by atoms with Crippen molar-refractivity contribution >= 4 is 0 Å². The first-order valence-corrected chi connectivity index (χ1v) is 7.95. The molecule has 0 aliphatic heterocycles. The van der Waals surface area contributed by atoms with Crippen molar-refractivity contribution < 1.29 is 23.0 Å². The van der Waals surface area contributed by atoms with Gasteiger partial charge in [0.05, 0.1) is 5.60 Å². The molecule has 0 spiro atoms. The van der Waals surface area contributed by atoms with Crippen molar-refractivity contribution in [3.8, 4) is 5.75 Å². The summed E-state index contributed by atoms with van der Waals surface area (Å²) in [6, 6.07) is 13.5. The summed E-state index contributed by atoms with van der Waals surface area (Å²) < 4.78 is 46.2. The Morgan fingerprint density at radius 3 is 2.25 bits per heavy atom. The van der Waals surface area contributed by atoms with Gasteiger partial charge in [0.1, 0.15) is 6.61 Å². The molecule has 24 heavy (non-hydrogen) atoms. The monoisotopic (exact) mass is 336 g/mol. The molecule has 0 aromatic heterocycles. The Morgan fingerprint density at radius 2 is 1.62 bits per heavy atom. The lowest BCUT2D eigenvalue weighted by molar-refractivity contribution is -0.107. The van der Waals surface area contributed by atoms with Gasteiger partial charge in [-0.15, -0.1) is 0 Å². The zero-order chi connectivity index (χ0) is 17.2. The second kappa shape index (κ2) is 6.48. The van der Waals surface area contributed by atoms with Gasteiger partial charge >= 0.3 is 0 Å². The number of rotatable bonds is 4. The van der Waals surface area contributed by atoms with Gasteiger partial charge in [0, 0.05) is 12.8 Å². The first kappa shape index (κ1) is 16.8. The molecular formula is C19H19F3O2. The molecule has 1 N–H and O–H groups in total. The van der Waals surface area contributed by atoms with Gasteiger partial charge in [-0.2, -0.15) is 0 Å². The maximum absolute atomic E-state index is 14.2. The van der Waals surface area contributed by atoms with Gasteiger partial charge in [-0.3, -0.25) is 0 Å². The molecule has 1 fully saturated rings. The Morgan fingerprint density at radius 1 is 0.958 bits per heavy atom. The third-order valence-electron chi connectivity index (χ3n) is 4.52. The van der Waals surface area contributed by atoms with Crippen LogP contribution < -0.4 is 4.74 Å². The standard InChI is InChI=1S/C19H19F3O2/c20-16-12-15(18(23)8-10-19(21,22)11-9-18)6-7-17(16)24-13-14-4-2-1-3-5-14/h1-7,12,23H,8-11,13H2. The first-order valence-electron chi connectivity index (χ1n) is 7.95. The summed E-state index contributed by atoms with van der Waals surface area (Å²) in [4.78, 5) is 0. The minimum absolute atomic E-state index is 0.0762. The van der Waals surface area contributed by atoms with Gasteiger partial charge in [0.15, 0.2) is 11.6 Å². The second-order valence-corrected chi connectivity index (χ2v) is 6.31. The van der Waals surface area contributed by atoms with Crippen molar-refractivity contribution in [2.45, 2.75) is 43.8 Å². The van der Waals surface area contributed by atoms with Crippen molar-refractivity contribution in [1.29, 1.82) is 0 Å². The van der Waals surface area contributed by atoms with Gasteiger partial charge in [0.2, 0.25) is 5.92 Å². The Bertz CT molecular complexity index is 691. The van der Waals surface area contributed by atoms with Gasteiger partial charge in [0.25, 0.3) is 0 Å². The van der Waals surface area contributed by atoms with Crippen LogP contribution in [0.4, 0.5) is 13.2 Å². The van der Waals surface area contributed by atoms with E-state index >= 15 is 0 Å². The van der Waals surface area contributed by atoms with E-state index in [0.29, 0.717) is 5.56 Å². The number of hydrogen-bond donors (Lipinski definition) is 1. The fourth-order valence-electron chi connectivity index (χ4n) is 2.96. The average Bonchev–Trinajstić information content (AvgIpc) is 2.58. The van der Waals surface area contributed by atoms with Crippen LogP contribution in [0.15, 0.2) is 48.5 Å². The molecule has 0 bridgehead atoms. The SMILES string of the molecule is OC1(c2ccc(OCc3ccccc3)c(F)c2)CCC(F)(F)CC1. The Hall–Kier alpha value is -2.01. The van der Waals surface area contributed by atoms with Crippen LogP contribution in [0.3, 0.4) is 0 Å².